The van der Waals surface area contributed by atoms with Gasteiger partial charge in [-0.1, -0.05) is 0 Å². The molecule has 4 atom stereocenters. The zero-order valence-corrected chi connectivity index (χ0v) is 21.9. The molecule has 0 radical (unpaired) electrons. The van der Waals surface area contributed by atoms with Gasteiger partial charge in [-0.05, 0) is 0 Å². The lowest BCUT2D eigenvalue weighted by Crippen LogP contribution is -2.54. The quantitative estimate of drug-likeness (QED) is 0.188. The van der Waals surface area contributed by atoms with E-state index in [4.69, 9.17) is 58.9 Å². The van der Waals surface area contributed by atoms with Crippen molar-refractivity contribution in [1.29, 1.82) is 0 Å². The maximum atomic E-state index is 12.6. The minimum Gasteiger partial charge on any atom is -0.346 e. The first-order valence-corrected chi connectivity index (χ1v) is 10.8. The lowest BCUT2D eigenvalue weighted by atomic mass is 10.4. The van der Waals surface area contributed by atoms with Crippen molar-refractivity contribution in [2.75, 3.05) is 41.3 Å². The fraction of sp³-hybridized carbons (Fsp3) is 0.571. The van der Waals surface area contributed by atoms with Crippen molar-refractivity contribution in [2.45, 2.75) is 12.3 Å². The number of likely N-dealkylation sites (N-methyl/N-ethyl adjacent to an activating group) is 3. The molecule has 2 heterocycles. The molecule has 0 spiro atoms. The highest BCUT2D eigenvalue weighted by atomic mass is 35.5. The number of hydrogen-bond donors (Lipinski definition) is 2. The summed E-state index contributed by atoms with van der Waals surface area (Å²) in [5.41, 5.74) is 0. The average molecular weight is 605 g/mol. The molecule has 0 aliphatic carbocycles. The Labute approximate surface area is 223 Å². The summed E-state index contributed by atoms with van der Waals surface area (Å²) in [7, 11) is 3.30. The van der Waals surface area contributed by atoms with Gasteiger partial charge in [-0.3, -0.25) is 4.90 Å². The number of amides is 10. The number of carbonyl (C=O) groups is 6. The van der Waals surface area contributed by atoms with Crippen LogP contribution in [0.4, 0.5) is 19.2 Å². The maximum Gasteiger partial charge on any atom is 0.445 e. The van der Waals surface area contributed by atoms with E-state index in [1.165, 1.54) is 0 Å². The van der Waals surface area contributed by atoms with Gasteiger partial charge in [0.15, 0.2) is 13.5 Å². The van der Waals surface area contributed by atoms with Crippen LogP contribution in [0.25, 0.3) is 0 Å². The van der Waals surface area contributed by atoms with Gasteiger partial charge in [0.1, 0.15) is 6.67 Å². The van der Waals surface area contributed by atoms with Crippen LogP contribution in [0.15, 0.2) is 0 Å². The number of aliphatic hydroxyl groups is 2. The van der Waals surface area contributed by atoms with Gasteiger partial charge < -0.3 is 10.2 Å². The molecule has 21 heteroatoms. The number of quaternary nitrogens is 2. The Bertz CT molecular complexity index is 903. The molecule has 4 unspecified atom stereocenters. The van der Waals surface area contributed by atoms with Crippen LogP contribution in [0.3, 0.4) is 0 Å². The summed E-state index contributed by atoms with van der Waals surface area (Å²) in [6.07, 6.45) is -3.55. The number of rotatable bonds is 6. The molecule has 0 aromatic rings. The van der Waals surface area contributed by atoms with Crippen molar-refractivity contribution in [3.8, 4) is 0 Å². The predicted octanol–water partition coefficient (Wildman–Crippen LogP) is 0.160. The van der Waals surface area contributed by atoms with E-state index in [9.17, 15) is 39.0 Å². The van der Waals surface area contributed by atoms with Gasteiger partial charge in [0.2, 0.25) is 6.17 Å². The molecule has 2 aliphatic rings. The van der Waals surface area contributed by atoms with E-state index in [1.807, 2.05) is 0 Å². The molecule has 0 aromatic heterocycles. The average Bonchev–Trinajstić information content (AvgIpc) is 3.11. The highest BCUT2D eigenvalue weighted by Gasteiger charge is 2.62. The predicted molar refractivity (Wildman–Crippen MR) is 117 cm³/mol. The van der Waals surface area contributed by atoms with E-state index < -0.39 is 77.4 Å². The summed E-state index contributed by atoms with van der Waals surface area (Å²) in [6.45, 7) is -2.81. The van der Waals surface area contributed by atoms with Gasteiger partial charge in [-0.2, -0.15) is 22.2 Å². The van der Waals surface area contributed by atoms with Gasteiger partial charge in [0.05, 0.1) is 14.1 Å². The molecule has 0 bridgehead atoms. The summed E-state index contributed by atoms with van der Waals surface area (Å²) in [5.74, 6) is -2.01. The Morgan fingerprint density at radius 3 is 1.57 bits per heavy atom. The molecule has 35 heavy (non-hydrogen) atoms. The highest BCUT2D eigenvalue weighted by Crippen LogP contribution is 2.30. The third-order valence-corrected chi connectivity index (χ3v) is 6.84. The van der Waals surface area contributed by atoms with E-state index in [2.05, 4.69) is 0 Å². The molecule has 2 rings (SSSR count). The normalized spacial score (nSPS) is 28.6. The minimum atomic E-state index is -1.88. The van der Waals surface area contributed by atoms with Gasteiger partial charge in [-0.15, -0.1) is 0 Å². The molecule has 0 aromatic carbocycles. The molecular weight excluding hydrogens is 585 g/mol. The Hall–Kier alpha value is -1.89. The first-order chi connectivity index (χ1) is 16.0. The van der Waals surface area contributed by atoms with Crippen LogP contribution in [0.5, 0.6) is 0 Å². The summed E-state index contributed by atoms with van der Waals surface area (Å²) in [4.78, 5) is 75.5. The smallest absolute Gasteiger partial charge is 0.346 e. The molecule has 16 nitrogen and oxygen atoms in total. The Balaban J connectivity index is 2.12. The van der Waals surface area contributed by atoms with E-state index in [-0.39, 0.29) is 22.1 Å². The number of hydrogen-bond acceptors (Lipinski definition) is 8. The van der Waals surface area contributed by atoms with Crippen molar-refractivity contribution in [2.24, 2.45) is 0 Å². The van der Waals surface area contributed by atoms with Gasteiger partial charge in [0, 0.05) is 65.9 Å². The molecular formula is C14H19Cl5N8O8+2. The minimum absolute atomic E-state index is 0.143. The number of urea groups is 4. The van der Waals surface area contributed by atoms with Crippen molar-refractivity contribution in [1.82, 2.24) is 27.0 Å². The van der Waals surface area contributed by atoms with Gasteiger partial charge >= 0.3 is 35.9 Å². The molecule has 2 saturated heterocycles. The Kier molecular flexibility index (Phi) is 8.58. The monoisotopic (exact) mass is 602 g/mol. The van der Waals surface area contributed by atoms with E-state index >= 15 is 0 Å². The Morgan fingerprint density at radius 2 is 1.20 bits per heavy atom. The van der Waals surface area contributed by atoms with Crippen molar-refractivity contribution in [3.05, 3.63) is 0 Å². The van der Waals surface area contributed by atoms with Crippen LogP contribution >= 0.6 is 58.9 Å². The van der Waals surface area contributed by atoms with Crippen LogP contribution in [-0.2, 0) is 9.59 Å². The lowest BCUT2D eigenvalue weighted by Gasteiger charge is -2.28. The summed E-state index contributed by atoms with van der Waals surface area (Å²) in [6, 6.07) is -4.62. The summed E-state index contributed by atoms with van der Waals surface area (Å²) in [5, 5.41) is 18.8. The highest BCUT2D eigenvalue weighted by molar-refractivity contribution is 6.32. The van der Waals surface area contributed by atoms with Crippen molar-refractivity contribution in [3.63, 3.8) is 0 Å². The number of imide groups is 2. The third kappa shape index (κ3) is 4.54. The number of nitrogens with zero attached hydrogens (tertiary/aromatic N) is 8. The van der Waals surface area contributed by atoms with Crippen LogP contribution in [0.1, 0.15) is 0 Å². The van der Waals surface area contributed by atoms with Crippen molar-refractivity contribution < 1.29 is 47.9 Å². The zero-order chi connectivity index (χ0) is 27.2. The second-order valence-electron chi connectivity index (χ2n) is 7.63. The second-order valence-corrected chi connectivity index (χ2v) is 9.54. The SMILES string of the molecule is CN1C(=O)[N+](C)(CO)C(=O)C1N(Cl)C(=O)N(Cl)CN(Cl)C(=O)N(Cl)C1C(=O)[N+](C)(CO)C(=O)N1Cl. The fourth-order valence-corrected chi connectivity index (χ4v) is 4.53. The summed E-state index contributed by atoms with van der Waals surface area (Å²) >= 11 is 29.3. The largest absolute Gasteiger partial charge is 0.445 e. The summed E-state index contributed by atoms with van der Waals surface area (Å²) < 4.78 is -1.16. The topological polar surface area (TPSA) is 162 Å². The maximum absolute atomic E-state index is 12.6. The van der Waals surface area contributed by atoms with E-state index in [0.717, 1.165) is 26.0 Å². The second kappa shape index (κ2) is 10.2. The molecule has 196 valence electrons. The van der Waals surface area contributed by atoms with E-state index in [0.29, 0.717) is 0 Å². The van der Waals surface area contributed by atoms with Gasteiger partial charge in [0.25, 0.3) is 6.17 Å². The van der Waals surface area contributed by atoms with Crippen LogP contribution < -0.4 is 0 Å². The lowest BCUT2D eigenvalue weighted by molar-refractivity contribution is -0.771. The fourth-order valence-electron chi connectivity index (χ4n) is 3.07. The molecule has 2 aliphatic heterocycles. The Morgan fingerprint density at radius 1 is 0.829 bits per heavy atom. The molecule has 2 fully saturated rings. The number of halogens is 5. The number of aliphatic hydroxyl groups excluding tert-OH is 2. The van der Waals surface area contributed by atoms with Crippen molar-refractivity contribution >= 4 is 94.8 Å². The molecule has 0 saturated carbocycles. The zero-order valence-electron chi connectivity index (χ0n) is 18.1. The number of carbonyl (C=O) groups excluding carboxylic acids is 6. The van der Waals surface area contributed by atoms with Crippen LogP contribution in [0.2, 0.25) is 0 Å². The first kappa shape index (κ1) is 29.3. The van der Waals surface area contributed by atoms with Gasteiger partial charge in [-0.25, -0.2) is 37.6 Å². The molecule has 10 amide bonds. The standard InChI is InChI=1S/C14H19Cl5N8O8/c1-20-7(9(30)26(2,5-28)13(20)34)23(17)11(32)21(15)4-22(16)12(33)24(18)8-10(31)27(3,6-29)14(35)25(8)19/h7-8,28-29H,4-6H2,1-3H3/q+2. The van der Waals surface area contributed by atoms with E-state index in [1.54, 1.807) is 0 Å². The first-order valence-electron chi connectivity index (χ1n) is 9.16. The van der Waals surface area contributed by atoms with Crippen LogP contribution in [-0.4, -0.2) is 136 Å². The molecule has 2 N–H and O–H groups in total. The third-order valence-electron chi connectivity index (χ3n) is 5.35. The van der Waals surface area contributed by atoms with Crippen LogP contribution in [0, 0.1) is 0 Å².